The third kappa shape index (κ3) is 8.58. The van der Waals surface area contributed by atoms with Crippen LogP contribution in [0, 0.1) is 11.8 Å². The first-order valence-electron chi connectivity index (χ1n) is 16.7. The molecule has 2 amide bonds. The van der Waals surface area contributed by atoms with Gasteiger partial charge in [0.2, 0.25) is 12.2 Å². The average molecular weight is 690 g/mol. The number of carbonyl (C=O) groups excluding carboxylic acids is 5. The van der Waals surface area contributed by atoms with E-state index in [2.05, 4.69) is 10.6 Å². The number of ether oxygens (including phenoxy) is 6. The van der Waals surface area contributed by atoms with Gasteiger partial charge in [0.1, 0.15) is 25.6 Å². The summed E-state index contributed by atoms with van der Waals surface area (Å²) in [4.78, 5) is 59.7. The van der Waals surface area contributed by atoms with Gasteiger partial charge in [-0.05, 0) is 45.9 Å². The largest absolute Gasteiger partial charge is 0.465 e. The van der Waals surface area contributed by atoms with E-state index in [0.717, 1.165) is 22.3 Å². The maximum Gasteiger partial charge on any atom is 0.407 e. The highest BCUT2D eigenvalue weighted by Gasteiger charge is 2.45. The lowest BCUT2D eigenvalue weighted by molar-refractivity contribution is -0.252. The van der Waals surface area contributed by atoms with Gasteiger partial charge in [-0.2, -0.15) is 0 Å². The van der Waals surface area contributed by atoms with Crippen LogP contribution in [0.15, 0.2) is 66.7 Å². The van der Waals surface area contributed by atoms with Crippen LogP contribution in [0.4, 0.5) is 10.5 Å². The first kappa shape index (κ1) is 34.4. The van der Waals surface area contributed by atoms with Crippen molar-refractivity contribution in [1.82, 2.24) is 5.32 Å². The zero-order valence-electron chi connectivity index (χ0n) is 28.9. The van der Waals surface area contributed by atoms with Crippen LogP contribution in [-0.4, -0.2) is 69.1 Å². The summed E-state index contributed by atoms with van der Waals surface area (Å²) < 4.78 is 40.2. The summed E-state index contributed by atoms with van der Waals surface area (Å²) in [7, 11) is 0. The van der Waals surface area contributed by atoms with Crippen molar-refractivity contribution in [1.29, 1.82) is 0 Å². The molecule has 3 aromatic carbocycles. The summed E-state index contributed by atoms with van der Waals surface area (Å²) in [5.41, 5.74) is 4.98. The molecular formula is C37H40N2O11. The van der Waals surface area contributed by atoms with Crippen LogP contribution in [0.3, 0.4) is 0 Å². The minimum atomic E-state index is -1.23. The molecule has 1 aliphatic carbocycles. The van der Waals surface area contributed by atoms with Crippen LogP contribution in [0.25, 0.3) is 11.1 Å². The third-order valence-corrected chi connectivity index (χ3v) is 8.97. The van der Waals surface area contributed by atoms with E-state index in [0.29, 0.717) is 12.0 Å². The van der Waals surface area contributed by atoms with Crippen molar-refractivity contribution in [3.63, 3.8) is 0 Å². The van der Waals surface area contributed by atoms with Gasteiger partial charge in [0.15, 0.2) is 7.47 Å². The third-order valence-electron chi connectivity index (χ3n) is 8.97. The van der Waals surface area contributed by atoms with E-state index in [-0.39, 0.29) is 62.0 Å². The molecule has 3 aromatic rings. The number of hydrogen-bond donors (Lipinski definition) is 2. The molecule has 2 N–H and O–H groups in total. The number of rotatable bonds is 14. The fraction of sp³-hybridized carbons (Fsp3) is 0.378. The van der Waals surface area contributed by atoms with E-state index in [1.165, 1.54) is 19.1 Å². The second-order valence-corrected chi connectivity index (χ2v) is 12.1. The molecule has 1 saturated heterocycles. The van der Waals surface area contributed by atoms with Crippen molar-refractivity contribution in [2.45, 2.75) is 58.2 Å². The Morgan fingerprint density at radius 2 is 1.62 bits per heavy atom. The van der Waals surface area contributed by atoms with Crippen LogP contribution in [0.5, 0.6) is 5.75 Å². The predicted molar refractivity (Wildman–Crippen MR) is 179 cm³/mol. The van der Waals surface area contributed by atoms with Gasteiger partial charge in [-0.3, -0.25) is 19.2 Å². The van der Waals surface area contributed by atoms with Gasteiger partial charge >= 0.3 is 12.1 Å². The number of fused-ring (bicyclic) bond motifs is 3. The van der Waals surface area contributed by atoms with Crippen molar-refractivity contribution in [3.8, 4) is 16.9 Å². The molecular weight excluding hydrogens is 648 g/mol. The standard InChI is InChI=1S/C37H40N2O11/c1-22-23(2)35(48-24(3)42)36(50-33(22)19-46-21-41)49-32-13-12-25(17-45-20-40)16-31(32)39-34(43)14-15-38-37(44)47-18-30-28-10-6-4-8-26(28)27-9-5-7-11-29(27)30/h4-13,16,20-23,30,33,35-36H,14-15,17-19H2,1-3H3,(H,38,44)(H,39,43)/t22-,23-,33+,35+,36+/m0/s1/i20D. The average Bonchev–Trinajstić information content (AvgIpc) is 3.43. The second kappa shape index (κ2) is 16.8. The first-order chi connectivity index (χ1) is 24.5. The Hall–Kier alpha value is -5.43. The van der Waals surface area contributed by atoms with Gasteiger partial charge in [-0.1, -0.05) is 68.4 Å². The number of esters is 1. The maximum absolute atomic E-state index is 13.1. The lowest BCUT2D eigenvalue weighted by Crippen LogP contribution is -2.54. The minimum absolute atomic E-state index is 0.0388. The van der Waals surface area contributed by atoms with Crippen LogP contribution < -0.4 is 15.4 Å². The molecule has 0 spiro atoms. The molecule has 264 valence electrons. The van der Waals surface area contributed by atoms with Gasteiger partial charge in [0.25, 0.3) is 12.9 Å². The van der Waals surface area contributed by atoms with Crippen molar-refractivity contribution < 1.29 is 53.8 Å². The topological polar surface area (TPSA) is 165 Å². The zero-order chi connectivity index (χ0) is 36.5. The molecule has 0 unspecified atom stereocenters. The van der Waals surface area contributed by atoms with Gasteiger partial charge in [-0.15, -0.1) is 0 Å². The van der Waals surface area contributed by atoms with Crippen LogP contribution >= 0.6 is 0 Å². The smallest absolute Gasteiger partial charge is 0.407 e. The Balaban J connectivity index is 1.22. The molecule has 1 heterocycles. The maximum atomic E-state index is 13.1. The molecule has 50 heavy (non-hydrogen) atoms. The fourth-order valence-electron chi connectivity index (χ4n) is 6.28. The molecule has 5 rings (SSSR count). The number of anilines is 1. The van der Waals surface area contributed by atoms with Gasteiger partial charge in [-0.25, -0.2) is 4.79 Å². The van der Waals surface area contributed by atoms with E-state index in [4.69, 9.17) is 29.8 Å². The van der Waals surface area contributed by atoms with E-state index in [9.17, 15) is 24.0 Å². The fourth-order valence-corrected chi connectivity index (χ4v) is 6.28. The Morgan fingerprint density at radius 3 is 2.28 bits per heavy atom. The first-order valence-corrected chi connectivity index (χ1v) is 16.2. The molecule has 1 aliphatic heterocycles. The summed E-state index contributed by atoms with van der Waals surface area (Å²) in [6, 6.07) is 20.6. The Labute approximate surface area is 290 Å². The minimum Gasteiger partial charge on any atom is -0.465 e. The second-order valence-electron chi connectivity index (χ2n) is 12.1. The van der Waals surface area contributed by atoms with E-state index in [1.54, 1.807) is 6.07 Å². The van der Waals surface area contributed by atoms with E-state index >= 15 is 0 Å². The van der Waals surface area contributed by atoms with E-state index in [1.807, 2.05) is 62.4 Å². The van der Waals surface area contributed by atoms with Crippen molar-refractivity contribution in [3.05, 3.63) is 83.4 Å². The van der Waals surface area contributed by atoms with Crippen LogP contribution in [0.1, 0.15) is 51.2 Å². The molecule has 13 nitrogen and oxygen atoms in total. The van der Waals surface area contributed by atoms with Gasteiger partial charge in [0, 0.05) is 31.7 Å². The Kier molecular flexibility index (Phi) is 11.6. The molecule has 0 radical (unpaired) electrons. The van der Waals surface area contributed by atoms with Crippen LogP contribution in [0.2, 0.25) is 0 Å². The number of amides is 2. The number of hydrogen-bond acceptors (Lipinski definition) is 11. The summed E-state index contributed by atoms with van der Waals surface area (Å²) in [6.45, 7) is 5.09. The highest BCUT2D eigenvalue weighted by Crippen LogP contribution is 2.44. The molecule has 5 atom stereocenters. The van der Waals surface area contributed by atoms with Gasteiger partial charge in [0.05, 0.1) is 11.8 Å². The highest BCUT2D eigenvalue weighted by molar-refractivity contribution is 5.92. The monoisotopic (exact) mass is 689 g/mol. The molecule has 0 aromatic heterocycles. The predicted octanol–water partition coefficient (Wildman–Crippen LogP) is 4.71. The summed E-state index contributed by atoms with van der Waals surface area (Å²) in [5, 5.41) is 5.36. The molecule has 13 heteroatoms. The van der Waals surface area contributed by atoms with E-state index < -0.39 is 42.9 Å². The number of alkyl carbamates (subject to hydrolysis) is 1. The normalized spacial score (nSPS) is 21.0. The van der Waals surface area contributed by atoms with Crippen LogP contribution in [-0.2, 0) is 49.5 Å². The van der Waals surface area contributed by atoms with Crippen molar-refractivity contribution in [2.75, 3.05) is 25.1 Å². The number of nitrogens with one attached hydrogen (secondary N) is 2. The lowest BCUT2D eigenvalue weighted by atomic mass is 9.83. The summed E-state index contributed by atoms with van der Waals surface area (Å²) >= 11 is 0. The lowest BCUT2D eigenvalue weighted by Gasteiger charge is -2.43. The van der Waals surface area contributed by atoms with Crippen molar-refractivity contribution in [2.24, 2.45) is 11.8 Å². The number of benzene rings is 3. The Bertz CT molecular complexity index is 1710. The highest BCUT2D eigenvalue weighted by atomic mass is 16.7. The van der Waals surface area contributed by atoms with Gasteiger partial charge < -0.3 is 39.1 Å². The molecule has 0 saturated carbocycles. The molecule has 2 aliphatic rings. The zero-order valence-corrected chi connectivity index (χ0v) is 27.9. The quantitative estimate of drug-likeness (QED) is 0.137. The summed E-state index contributed by atoms with van der Waals surface area (Å²) in [5.74, 6) is -1.48. The summed E-state index contributed by atoms with van der Waals surface area (Å²) in [6.07, 6.45) is -4.62. The number of carbonyl (C=O) groups is 5. The molecule has 0 bridgehead atoms. The Morgan fingerprint density at radius 1 is 0.920 bits per heavy atom. The molecule has 1 fully saturated rings. The van der Waals surface area contributed by atoms with Crippen molar-refractivity contribution >= 4 is 36.6 Å². The SMILES string of the molecule is [2H]C(=O)OCc1ccc(O[C@@H]2O[C@H](COC=O)[C@@H](C)[C@H](C)[C@H]2OC(C)=O)c(NC(=O)CCNC(=O)OCC2c3ccccc3-c3ccccc32)c1.